The van der Waals surface area contributed by atoms with E-state index >= 15 is 0 Å². The van der Waals surface area contributed by atoms with Crippen LogP contribution in [0.3, 0.4) is 0 Å². The Bertz CT molecular complexity index is 603. The van der Waals surface area contributed by atoms with Crippen molar-refractivity contribution in [2.24, 2.45) is 0 Å². The highest BCUT2D eigenvalue weighted by atomic mass is 32.1. The molecular formula is C16H12O2S. The van der Waals surface area contributed by atoms with Gasteiger partial charge in [-0.05, 0) is 5.56 Å². The quantitative estimate of drug-likeness (QED) is 0.474. The summed E-state index contributed by atoms with van der Waals surface area (Å²) in [6, 6.07) is 17.8. The monoisotopic (exact) mass is 268 g/mol. The van der Waals surface area contributed by atoms with Crippen molar-refractivity contribution in [2.75, 3.05) is 0 Å². The fourth-order valence-electron chi connectivity index (χ4n) is 1.70. The maximum absolute atomic E-state index is 11.9. The largest absolute Gasteiger partial charge is 0.290 e. The molecule has 0 saturated carbocycles. The van der Waals surface area contributed by atoms with E-state index in [1.54, 1.807) is 30.3 Å². The van der Waals surface area contributed by atoms with Gasteiger partial charge in [0, 0.05) is 10.4 Å². The van der Waals surface area contributed by atoms with E-state index < -0.39 is 11.6 Å². The minimum absolute atomic E-state index is 0.0208. The van der Waals surface area contributed by atoms with Crippen molar-refractivity contribution in [3.05, 3.63) is 71.8 Å². The molecule has 2 aromatic rings. The molecule has 0 aliphatic rings. The first-order valence-electron chi connectivity index (χ1n) is 5.89. The molecule has 0 heterocycles. The van der Waals surface area contributed by atoms with Gasteiger partial charge in [-0.3, -0.25) is 9.59 Å². The van der Waals surface area contributed by atoms with Gasteiger partial charge < -0.3 is 0 Å². The van der Waals surface area contributed by atoms with E-state index in [1.165, 1.54) is 0 Å². The second kappa shape index (κ2) is 6.16. The molecule has 3 heteroatoms. The van der Waals surface area contributed by atoms with Crippen LogP contribution in [0.2, 0.25) is 0 Å². The van der Waals surface area contributed by atoms with Gasteiger partial charge in [-0.25, -0.2) is 0 Å². The summed E-state index contributed by atoms with van der Waals surface area (Å²) in [4.78, 5) is 24.3. The fraction of sp³-hybridized carbons (Fsp3) is 0.0625. The highest BCUT2D eigenvalue weighted by Gasteiger charge is 2.17. The van der Waals surface area contributed by atoms with Crippen LogP contribution in [-0.2, 0) is 4.79 Å². The van der Waals surface area contributed by atoms with Crippen LogP contribution < -0.4 is 0 Å². The summed E-state index contributed by atoms with van der Waals surface area (Å²) in [5, 5.41) is 0. The molecule has 0 N–H and O–H groups in total. The van der Waals surface area contributed by atoms with Crippen molar-refractivity contribution < 1.29 is 9.59 Å². The molecule has 0 aliphatic heterocycles. The first kappa shape index (κ1) is 13.3. The minimum atomic E-state index is -0.487. The topological polar surface area (TPSA) is 34.1 Å². The van der Waals surface area contributed by atoms with Crippen LogP contribution in [0.1, 0.15) is 22.3 Å². The van der Waals surface area contributed by atoms with Gasteiger partial charge in [0.15, 0.2) is 0 Å². The van der Waals surface area contributed by atoms with Crippen LogP contribution in [0.5, 0.6) is 0 Å². The normalized spacial score (nSPS) is 9.89. The van der Waals surface area contributed by atoms with Crippen molar-refractivity contribution >= 4 is 28.6 Å². The standard InChI is InChI=1S/C16H12O2S/c17-14(16(18)13-9-5-2-6-10-13)11-15(19)12-7-3-1-4-8-12/h1-10H,11H2. The molecule has 2 nitrogen and oxygen atoms in total. The van der Waals surface area contributed by atoms with Crippen LogP contribution in [0, 0.1) is 0 Å². The molecule has 0 amide bonds. The van der Waals surface area contributed by atoms with Crippen molar-refractivity contribution in [3.8, 4) is 0 Å². The number of rotatable bonds is 5. The SMILES string of the molecule is O=C(CC(=S)c1ccccc1)C(=O)c1ccccc1. The third-order valence-corrected chi connectivity index (χ3v) is 3.09. The Kier molecular flexibility index (Phi) is 4.31. The van der Waals surface area contributed by atoms with Crippen LogP contribution in [-0.4, -0.2) is 16.4 Å². The Labute approximate surface area is 117 Å². The molecule has 2 aromatic carbocycles. The molecule has 19 heavy (non-hydrogen) atoms. The summed E-state index contributed by atoms with van der Waals surface area (Å²) in [6.07, 6.45) is -0.0208. The van der Waals surface area contributed by atoms with Gasteiger partial charge in [0.25, 0.3) is 0 Å². The predicted octanol–water partition coefficient (Wildman–Crippen LogP) is 3.25. The molecule has 0 aliphatic carbocycles. The van der Waals surface area contributed by atoms with E-state index in [0.29, 0.717) is 10.4 Å². The Hall–Kier alpha value is -2.13. The molecule has 0 saturated heterocycles. The molecule has 0 aromatic heterocycles. The van der Waals surface area contributed by atoms with Gasteiger partial charge in [0.2, 0.25) is 11.6 Å². The van der Waals surface area contributed by atoms with Crippen molar-refractivity contribution in [3.63, 3.8) is 0 Å². The van der Waals surface area contributed by atoms with Crippen LogP contribution in [0.4, 0.5) is 0 Å². The van der Waals surface area contributed by atoms with Crippen LogP contribution in [0.25, 0.3) is 0 Å². The minimum Gasteiger partial charge on any atom is -0.290 e. The highest BCUT2D eigenvalue weighted by Crippen LogP contribution is 2.08. The Morgan fingerprint density at radius 1 is 0.789 bits per heavy atom. The molecule has 0 fully saturated rings. The molecule has 0 atom stereocenters. The average Bonchev–Trinajstić information content (AvgIpc) is 2.48. The number of carbonyl (C=O) groups is 2. The van der Waals surface area contributed by atoms with Gasteiger partial charge in [-0.15, -0.1) is 0 Å². The summed E-state index contributed by atoms with van der Waals surface area (Å²) in [7, 11) is 0. The van der Waals surface area contributed by atoms with Crippen LogP contribution in [0.15, 0.2) is 60.7 Å². The lowest BCUT2D eigenvalue weighted by molar-refractivity contribution is -0.114. The zero-order valence-electron chi connectivity index (χ0n) is 10.2. The van der Waals surface area contributed by atoms with Gasteiger partial charge in [-0.1, -0.05) is 72.9 Å². The molecule has 2 rings (SSSR count). The summed E-state index contributed by atoms with van der Waals surface area (Å²) in [5.74, 6) is -0.959. The average molecular weight is 268 g/mol. The smallest absolute Gasteiger partial charge is 0.228 e. The molecule has 94 valence electrons. The van der Waals surface area contributed by atoms with Gasteiger partial charge >= 0.3 is 0 Å². The van der Waals surface area contributed by atoms with Crippen molar-refractivity contribution in [1.29, 1.82) is 0 Å². The Morgan fingerprint density at radius 3 is 1.79 bits per heavy atom. The summed E-state index contributed by atoms with van der Waals surface area (Å²) < 4.78 is 0. The lowest BCUT2D eigenvalue weighted by Gasteiger charge is -2.03. The van der Waals surface area contributed by atoms with E-state index in [1.807, 2.05) is 30.3 Å². The number of hydrogen-bond acceptors (Lipinski definition) is 3. The summed E-state index contributed by atoms with van der Waals surface area (Å²) in [5.41, 5.74) is 1.22. The third kappa shape index (κ3) is 3.42. The van der Waals surface area contributed by atoms with E-state index in [9.17, 15) is 9.59 Å². The predicted molar refractivity (Wildman–Crippen MR) is 78.5 cm³/mol. The second-order valence-electron chi connectivity index (χ2n) is 4.08. The number of thiocarbonyl (C=S) groups is 1. The number of carbonyl (C=O) groups excluding carboxylic acids is 2. The molecule has 0 unspecified atom stereocenters. The molecule has 0 radical (unpaired) electrons. The van der Waals surface area contributed by atoms with Gasteiger partial charge in [0.1, 0.15) is 0 Å². The van der Waals surface area contributed by atoms with Gasteiger partial charge in [-0.2, -0.15) is 0 Å². The fourth-order valence-corrected chi connectivity index (χ4v) is 1.97. The number of benzene rings is 2. The first-order valence-corrected chi connectivity index (χ1v) is 6.30. The lowest BCUT2D eigenvalue weighted by atomic mass is 10.0. The van der Waals surface area contributed by atoms with E-state index in [2.05, 4.69) is 0 Å². The molecule has 0 spiro atoms. The molecular weight excluding hydrogens is 256 g/mol. The zero-order chi connectivity index (χ0) is 13.7. The maximum atomic E-state index is 11.9. The summed E-state index contributed by atoms with van der Waals surface area (Å²) >= 11 is 5.19. The summed E-state index contributed by atoms with van der Waals surface area (Å²) in [6.45, 7) is 0. The van der Waals surface area contributed by atoms with Crippen LogP contribution >= 0.6 is 12.2 Å². The Morgan fingerprint density at radius 2 is 1.26 bits per heavy atom. The molecule has 0 bridgehead atoms. The second-order valence-corrected chi connectivity index (χ2v) is 4.58. The van der Waals surface area contributed by atoms with E-state index in [4.69, 9.17) is 12.2 Å². The highest BCUT2D eigenvalue weighted by molar-refractivity contribution is 7.81. The van der Waals surface area contributed by atoms with E-state index in [-0.39, 0.29) is 6.42 Å². The maximum Gasteiger partial charge on any atom is 0.228 e. The first-order chi connectivity index (χ1) is 9.18. The van der Waals surface area contributed by atoms with Gasteiger partial charge in [0.05, 0.1) is 6.42 Å². The Balaban J connectivity index is 2.06. The number of hydrogen-bond donors (Lipinski definition) is 0. The van der Waals surface area contributed by atoms with Crippen molar-refractivity contribution in [2.45, 2.75) is 6.42 Å². The van der Waals surface area contributed by atoms with Crippen molar-refractivity contribution in [1.82, 2.24) is 0 Å². The number of Topliss-reactive ketones (excluding diaryl/α,β-unsaturated/α-hetero) is 2. The third-order valence-electron chi connectivity index (χ3n) is 2.71. The zero-order valence-corrected chi connectivity index (χ0v) is 11.0. The number of ketones is 2. The van der Waals surface area contributed by atoms with E-state index in [0.717, 1.165) is 5.56 Å². The lowest BCUT2D eigenvalue weighted by Crippen LogP contribution is -2.17.